The molecule has 1 unspecified atom stereocenters. The molecule has 2 aliphatic rings. The summed E-state index contributed by atoms with van der Waals surface area (Å²) in [5, 5.41) is 3.35. The van der Waals surface area contributed by atoms with Gasteiger partial charge in [0.1, 0.15) is 10.2 Å². The third-order valence-electron chi connectivity index (χ3n) is 3.68. The molecule has 1 saturated heterocycles. The summed E-state index contributed by atoms with van der Waals surface area (Å²) in [5.74, 6) is 0.413. The fourth-order valence-electron chi connectivity index (χ4n) is 2.69. The molecule has 0 aromatic heterocycles. The van der Waals surface area contributed by atoms with Crippen molar-refractivity contribution in [1.82, 2.24) is 10.2 Å². The van der Waals surface area contributed by atoms with Crippen molar-refractivity contribution in [1.29, 1.82) is 0 Å². The van der Waals surface area contributed by atoms with Crippen LogP contribution in [0.3, 0.4) is 0 Å². The molecule has 2 heterocycles. The van der Waals surface area contributed by atoms with Crippen LogP contribution in [0.1, 0.15) is 33.6 Å². The van der Waals surface area contributed by atoms with Crippen molar-refractivity contribution in [3.05, 3.63) is 22.5 Å². The molecule has 118 valence electrons. The maximum atomic E-state index is 12.6. The number of rotatable bonds is 1. The lowest BCUT2D eigenvalue weighted by molar-refractivity contribution is 0.0233. The maximum Gasteiger partial charge on any atom is 0.415 e. The monoisotopic (exact) mass is 357 g/mol. The number of halogens is 1. The molecule has 1 amide bonds. The lowest BCUT2D eigenvalue weighted by atomic mass is 9.88. The summed E-state index contributed by atoms with van der Waals surface area (Å²) >= 11 is 3.45. The third kappa shape index (κ3) is 4.01. The van der Waals surface area contributed by atoms with Gasteiger partial charge in [-0.25, -0.2) is 4.79 Å². The molecule has 21 heavy (non-hydrogen) atoms. The Labute approximate surface area is 134 Å². The lowest BCUT2D eigenvalue weighted by Crippen LogP contribution is -2.48. The van der Waals surface area contributed by atoms with Crippen molar-refractivity contribution in [3.8, 4) is 0 Å². The van der Waals surface area contributed by atoms with Gasteiger partial charge < -0.3 is 15.8 Å². The molecule has 0 spiro atoms. The Hall–Kier alpha value is -1.01. The topological polar surface area (TPSA) is 67.6 Å². The Morgan fingerprint density at radius 1 is 1.43 bits per heavy atom. The molecule has 0 bridgehead atoms. The molecule has 2 rings (SSSR count). The zero-order chi connectivity index (χ0) is 15.6. The normalized spacial score (nSPS) is 24.4. The van der Waals surface area contributed by atoms with E-state index in [4.69, 9.17) is 10.5 Å². The van der Waals surface area contributed by atoms with Gasteiger partial charge in [0.25, 0.3) is 0 Å². The first-order valence-electron chi connectivity index (χ1n) is 7.36. The summed E-state index contributed by atoms with van der Waals surface area (Å²) in [7, 11) is 0. The van der Waals surface area contributed by atoms with Gasteiger partial charge in [0.05, 0.1) is 11.7 Å². The fraction of sp³-hybridized carbons (Fsp3) is 0.667. The number of piperidine rings is 1. The van der Waals surface area contributed by atoms with Crippen LogP contribution in [0.5, 0.6) is 0 Å². The second-order valence-corrected chi connectivity index (χ2v) is 7.28. The standard InChI is InChI=1S/C15H24BrN3O2/c1-15(2,3)21-14(20)19-12(5-4-11(17)13(19)16)10-6-8-18-9-7-10/h4-5,10,12,18H,6-9,17H2,1-3H3. The molecule has 0 saturated carbocycles. The third-order valence-corrected chi connectivity index (χ3v) is 4.52. The molecule has 0 aromatic rings. The van der Waals surface area contributed by atoms with E-state index in [2.05, 4.69) is 21.2 Å². The second kappa shape index (κ2) is 6.40. The minimum atomic E-state index is -0.529. The molecular weight excluding hydrogens is 334 g/mol. The van der Waals surface area contributed by atoms with Crippen LogP contribution in [0, 0.1) is 5.92 Å². The number of allylic oxidation sites excluding steroid dienone is 1. The van der Waals surface area contributed by atoms with Crippen LogP contribution in [0.25, 0.3) is 0 Å². The highest BCUT2D eigenvalue weighted by Gasteiger charge is 2.36. The van der Waals surface area contributed by atoms with Crippen LogP contribution in [0.2, 0.25) is 0 Å². The lowest BCUT2D eigenvalue weighted by Gasteiger charge is -2.39. The van der Waals surface area contributed by atoms with Gasteiger partial charge in [-0.1, -0.05) is 6.08 Å². The zero-order valence-electron chi connectivity index (χ0n) is 12.9. The summed E-state index contributed by atoms with van der Waals surface area (Å²) < 4.78 is 6.13. The number of carbonyl (C=O) groups excluding carboxylic acids is 1. The Morgan fingerprint density at radius 2 is 2.05 bits per heavy atom. The fourth-order valence-corrected chi connectivity index (χ4v) is 3.21. The number of nitrogens with one attached hydrogen (secondary N) is 1. The smallest absolute Gasteiger partial charge is 0.415 e. The van der Waals surface area contributed by atoms with E-state index < -0.39 is 5.60 Å². The Balaban J connectivity index is 2.22. The van der Waals surface area contributed by atoms with Crippen molar-refractivity contribution >= 4 is 22.0 Å². The first-order chi connectivity index (χ1) is 9.79. The highest BCUT2D eigenvalue weighted by Crippen LogP contribution is 2.33. The molecule has 1 atom stereocenters. The second-order valence-electron chi connectivity index (χ2n) is 6.53. The summed E-state index contributed by atoms with van der Waals surface area (Å²) in [6.07, 6.45) is 5.60. The predicted octanol–water partition coefficient (Wildman–Crippen LogP) is 2.68. The van der Waals surface area contributed by atoms with Gasteiger partial charge in [-0.3, -0.25) is 4.90 Å². The molecule has 3 N–H and O–H groups in total. The number of amides is 1. The first-order valence-corrected chi connectivity index (χ1v) is 8.15. The van der Waals surface area contributed by atoms with Crippen molar-refractivity contribution in [3.63, 3.8) is 0 Å². The molecule has 2 aliphatic heterocycles. The van der Waals surface area contributed by atoms with Crippen LogP contribution in [0.4, 0.5) is 4.79 Å². The molecule has 5 nitrogen and oxygen atoms in total. The highest BCUT2D eigenvalue weighted by atomic mass is 79.9. The van der Waals surface area contributed by atoms with Crippen LogP contribution < -0.4 is 11.1 Å². The zero-order valence-corrected chi connectivity index (χ0v) is 14.4. The quantitative estimate of drug-likeness (QED) is 0.708. The largest absolute Gasteiger partial charge is 0.443 e. The van der Waals surface area contributed by atoms with Crippen LogP contribution >= 0.6 is 15.9 Å². The van der Waals surface area contributed by atoms with E-state index in [-0.39, 0.29) is 12.1 Å². The summed E-state index contributed by atoms with van der Waals surface area (Å²) in [6.45, 7) is 7.56. The summed E-state index contributed by atoms with van der Waals surface area (Å²) in [4.78, 5) is 14.2. The van der Waals surface area contributed by atoms with Gasteiger partial charge in [-0.2, -0.15) is 0 Å². The SMILES string of the molecule is CC(C)(C)OC(=O)N1C(Br)=C(N)C=CC1C1CCNCC1. The number of carbonyl (C=O) groups is 1. The van der Waals surface area contributed by atoms with Gasteiger partial charge in [0.15, 0.2) is 0 Å². The number of nitrogens with zero attached hydrogens (tertiary/aromatic N) is 1. The number of hydrogen-bond donors (Lipinski definition) is 2. The summed E-state index contributed by atoms with van der Waals surface area (Å²) in [5.41, 5.74) is 5.96. The first kappa shape index (κ1) is 16.4. The average Bonchev–Trinajstić information content (AvgIpc) is 2.40. The summed E-state index contributed by atoms with van der Waals surface area (Å²) in [6, 6.07) is -0.0105. The predicted molar refractivity (Wildman–Crippen MR) is 86.7 cm³/mol. The minimum Gasteiger partial charge on any atom is -0.443 e. The van der Waals surface area contributed by atoms with Crippen LogP contribution in [-0.2, 0) is 4.74 Å². The Kier molecular flexibility index (Phi) is 4.99. The highest BCUT2D eigenvalue weighted by molar-refractivity contribution is 9.11. The van der Waals surface area contributed by atoms with E-state index in [9.17, 15) is 4.79 Å². The molecular formula is C15H24BrN3O2. The minimum absolute atomic E-state index is 0.0105. The maximum absolute atomic E-state index is 12.6. The molecule has 0 aromatic carbocycles. The Bertz CT molecular complexity index is 462. The van der Waals surface area contributed by atoms with Crippen molar-refractivity contribution in [2.75, 3.05) is 13.1 Å². The van der Waals surface area contributed by atoms with E-state index in [1.165, 1.54) is 0 Å². The van der Waals surface area contributed by atoms with Crippen molar-refractivity contribution < 1.29 is 9.53 Å². The van der Waals surface area contributed by atoms with Gasteiger partial charge in [0.2, 0.25) is 0 Å². The van der Waals surface area contributed by atoms with Gasteiger partial charge in [-0.15, -0.1) is 0 Å². The average molecular weight is 358 g/mol. The van der Waals surface area contributed by atoms with Gasteiger partial charge in [0, 0.05) is 0 Å². The van der Waals surface area contributed by atoms with E-state index in [0.29, 0.717) is 16.2 Å². The molecule has 1 fully saturated rings. The molecule has 0 radical (unpaired) electrons. The Morgan fingerprint density at radius 3 is 2.62 bits per heavy atom. The number of nitrogens with two attached hydrogens (primary N) is 1. The van der Waals surface area contributed by atoms with Gasteiger partial charge in [-0.05, 0) is 74.6 Å². The number of ether oxygens (including phenoxy) is 1. The van der Waals surface area contributed by atoms with Crippen LogP contribution in [-0.4, -0.2) is 35.7 Å². The van der Waals surface area contributed by atoms with Gasteiger partial charge >= 0.3 is 6.09 Å². The molecule has 6 heteroatoms. The number of hydrogen-bond acceptors (Lipinski definition) is 4. The van der Waals surface area contributed by atoms with E-state index >= 15 is 0 Å². The molecule has 0 aliphatic carbocycles. The van der Waals surface area contributed by atoms with Crippen LogP contribution in [0.15, 0.2) is 22.5 Å². The van der Waals surface area contributed by atoms with E-state index in [0.717, 1.165) is 25.9 Å². The van der Waals surface area contributed by atoms with Crippen molar-refractivity contribution in [2.24, 2.45) is 11.7 Å². The van der Waals surface area contributed by atoms with E-state index in [1.807, 2.05) is 32.9 Å². The van der Waals surface area contributed by atoms with Crippen molar-refractivity contribution in [2.45, 2.75) is 45.3 Å². The van der Waals surface area contributed by atoms with E-state index in [1.54, 1.807) is 4.90 Å².